The third kappa shape index (κ3) is 5.22. The highest BCUT2D eigenvalue weighted by Gasteiger charge is 2.31. The van der Waals surface area contributed by atoms with Crippen molar-refractivity contribution in [2.24, 2.45) is 0 Å². The number of carbonyl (C=O) groups is 1. The Labute approximate surface area is 173 Å². The number of nitrogens with one attached hydrogen (secondary N) is 1. The summed E-state index contributed by atoms with van der Waals surface area (Å²) in [6, 6.07) is 2.15. The van der Waals surface area contributed by atoms with Gasteiger partial charge in [-0.3, -0.25) is 4.79 Å². The zero-order valence-corrected chi connectivity index (χ0v) is 17.1. The van der Waals surface area contributed by atoms with E-state index in [1.807, 2.05) is 4.90 Å². The van der Waals surface area contributed by atoms with Gasteiger partial charge in [0.15, 0.2) is 0 Å². The first-order valence-corrected chi connectivity index (χ1v) is 9.49. The predicted molar refractivity (Wildman–Crippen MR) is 109 cm³/mol. The van der Waals surface area contributed by atoms with E-state index in [0.29, 0.717) is 19.1 Å². The van der Waals surface area contributed by atoms with Gasteiger partial charge in [0.1, 0.15) is 18.2 Å². The predicted octanol–water partition coefficient (Wildman–Crippen LogP) is 1.61. The van der Waals surface area contributed by atoms with Gasteiger partial charge in [-0.25, -0.2) is 9.97 Å². The van der Waals surface area contributed by atoms with Crippen LogP contribution in [0.15, 0.2) is 12.4 Å². The number of halogens is 2. The number of likely N-dealkylation sites (tertiary alicyclic amines) is 1. The van der Waals surface area contributed by atoms with E-state index in [1.54, 1.807) is 6.33 Å². The van der Waals surface area contributed by atoms with Crippen LogP contribution in [0.25, 0.3) is 0 Å². The minimum absolute atomic E-state index is 0. The van der Waals surface area contributed by atoms with Gasteiger partial charge in [0, 0.05) is 56.9 Å². The molecule has 1 amide bonds. The molecule has 0 aromatic carbocycles. The van der Waals surface area contributed by atoms with Gasteiger partial charge in [-0.05, 0) is 25.7 Å². The number of morpholine rings is 1. The summed E-state index contributed by atoms with van der Waals surface area (Å²) in [6.45, 7) is 5.84. The molecule has 3 fully saturated rings. The molecule has 27 heavy (non-hydrogen) atoms. The molecule has 1 aromatic rings. The number of aromatic nitrogens is 2. The summed E-state index contributed by atoms with van der Waals surface area (Å²) in [6.07, 6.45) is 5.80. The van der Waals surface area contributed by atoms with Gasteiger partial charge >= 0.3 is 0 Å². The van der Waals surface area contributed by atoms with E-state index in [4.69, 9.17) is 4.74 Å². The molecule has 3 aliphatic heterocycles. The molecule has 0 aliphatic carbocycles. The summed E-state index contributed by atoms with van der Waals surface area (Å²) in [5.74, 6) is 1.60. The summed E-state index contributed by atoms with van der Waals surface area (Å²) in [4.78, 5) is 25.8. The highest BCUT2D eigenvalue weighted by atomic mass is 35.5. The van der Waals surface area contributed by atoms with Crippen molar-refractivity contribution in [3.05, 3.63) is 18.1 Å². The number of anilines is 1. The molecule has 3 saturated heterocycles. The summed E-state index contributed by atoms with van der Waals surface area (Å²) in [5.41, 5.74) is 1.12. The van der Waals surface area contributed by atoms with Crippen LogP contribution in [-0.2, 0) is 9.53 Å². The van der Waals surface area contributed by atoms with Gasteiger partial charge < -0.3 is 19.9 Å². The second-order valence-corrected chi connectivity index (χ2v) is 7.16. The zero-order chi connectivity index (χ0) is 17.1. The maximum atomic E-state index is 12.6. The van der Waals surface area contributed by atoms with Crippen LogP contribution in [0.2, 0.25) is 0 Å². The topological polar surface area (TPSA) is 70.6 Å². The minimum Gasteiger partial charge on any atom is -0.366 e. The zero-order valence-electron chi connectivity index (χ0n) is 15.5. The van der Waals surface area contributed by atoms with Crippen molar-refractivity contribution in [3.8, 4) is 0 Å². The molecule has 1 aromatic heterocycles. The lowest BCUT2D eigenvalue weighted by atomic mass is 9.93. The van der Waals surface area contributed by atoms with Gasteiger partial charge in [0.2, 0.25) is 0 Å². The quantitative estimate of drug-likeness (QED) is 0.805. The molecule has 7 nitrogen and oxygen atoms in total. The maximum Gasteiger partial charge on any atom is 0.253 e. The third-order valence-electron chi connectivity index (χ3n) is 5.53. The van der Waals surface area contributed by atoms with Crippen LogP contribution in [0.1, 0.15) is 37.3 Å². The molecule has 152 valence electrons. The smallest absolute Gasteiger partial charge is 0.253 e. The van der Waals surface area contributed by atoms with Crippen molar-refractivity contribution in [2.45, 2.75) is 37.7 Å². The number of hydrogen-bond acceptors (Lipinski definition) is 6. The van der Waals surface area contributed by atoms with E-state index in [-0.39, 0.29) is 36.8 Å². The van der Waals surface area contributed by atoms with E-state index in [2.05, 4.69) is 26.3 Å². The normalized spacial score (nSPS) is 23.5. The number of rotatable bonds is 3. The van der Waals surface area contributed by atoms with E-state index < -0.39 is 0 Å². The molecular formula is C18H29Cl2N5O2. The SMILES string of the molecule is Cl.Cl.O=C(C1CNCCO1)N1CCC(c2cc(N3CCCC3)ncn2)CC1. The highest BCUT2D eigenvalue weighted by Crippen LogP contribution is 2.29. The monoisotopic (exact) mass is 417 g/mol. The van der Waals surface area contributed by atoms with Crippen molar-refractivity contribution < 1.29 is 9.53 Å². The Morgan fingerprint density at radius 3 is 2.52 bits per heavy atom. The molecule has 0 saturated carbocycles. The third-order valence-corrected chi connectivity index (χ3v) is 5.53. The summed E-state index contributed by atoms with van der Waals surface area (Å²) in [5, 5.41) is 3.23. The van der Waals surface area contributed by atoms with Gasteiger partial charge in [-0.2, -0.15) is 0 Å². The Balaban J connectivity index is 0.00000131. The average Bonchev–Trinajstić information content (AvgIpc) is 3.23. The van der Waals surface area contributed by atoms with Crippen LogP contribution in [0.3, 0.4) is 0 Å². The number of nitrogens with zero attached hydrogens (tertiary/aromatic N) is 4. The molecule has 4 heterocycles. The van der Waals surface area contributed by atoms with Crippen LogP contribution in [-0.4, -0.2) is 72.8 Å². The minimum atomic E-state index is -0.314. The van der Waals surface area contributed by atoms with E-state index in [0.717, 1.165) is 57.1 Å². The van der Waals surface area contributed by atoms with Crippen LogP contribution >= 0.6 is 24.8 Å². The van der Waals surface area contributed by atoms with E-state index >= 15 is 0 Å². The summed E-state index contributed by atoms with van der Waals surface area (Å²) < 4.78 is 5.60. The van der Waals surface area contributed by atoms with Crippen molar-refractivity contribution in [2.75, 3.05) is 50.8 Å². The van der Waals surface area contributed by atoms with Crippen LogP contribution in [0.4, 0.5) is 5.82 Å². The second kappa shape index (κ2) is 10.4. The lowest BCUT2D eigenvalue weighted by molar-refractivity contribution is -0.146. The van der Waals surface area contributed by atoms with Gasteiger partial charge in [-0.1, -0.05) is 0 Å². The fraction of sp³-hybridized carbons (Fsp3) is 0.722. The van der Waals surface area contributed by atoms with Gasteiger partial charge in [0.25, 0.3) is 5.91 Å². The Hall–Kier alpha value is -1.15. The van der Waals surface area contributed by atoms with Crippen molar-refractivity contribution in [1.29, 1.82) is 0 Å². The molecule has 0 spiro atoms. The number of hydrogen-bond donors (Lipinski definition) is 1. The van der Waals surface area contributed by atoms with Crippen molar-refractivity contribution in [1.82, 2.24) is 20.2 Å². The maximum absolute atomic E-state index is 12.6. The first-order chi connectivity index (χ1) is 12.3. The highest BCUT2D eigenvalue weighted by molar-refractivity contribution is 5.85. The fourth-order valence-corrected chi connectivity index (χ4v) is 4.03. The average molecular weight is 418 g/mol. The lowest BCUT2D eigenvalue weighted by Crippen LogP contribution is -2.51. The van der Waals surface area contributed by atoms with Crippen LogP contribution in [0.5, 0.6) is 0 Å². The summed E-state index contributed by atoms with van der Waals surface area (Å²) in [7, 11) is 0. The molecule has 1 unspecified atom stereocenters. The molecule has 1 N–H and O–H groups in total. The van der Waals surface area contributed by atoms with Gasteiger partial charge in [0.05, 0.1) is 6.61 Å². The molecule has 0 bridgehead atoms. The first-order valence-electron chi connectivity index (χ1n) is 9.49. The van der Waals surface area contributed by atoms with Crippen LogP contribution in [0, 0.1) is 0 Å². The Kier molecular flexibility index (Phi) is 8.54. The molecule has 3 aliphatic rings. The van der Waals surface area contributed by atoms with Crippen molar-refractivity contribution in [3.63, 3.8) is 0 Å². The Morgan fingerprint density at radius 1 is 1.11 bits per heavy atom. The molecule has 1 atom stereocenters. The largest absolute Gasteiger partial charge is 0.366 e. The van der Waals surface area contributed by atoms with E-state index in [9.17, 15) is 4.79 Å². The van der Waals surface area contributed by atoms with Gasteiger partial charge in [-0.15, -0.1) is 24.8 Å². The van der Waals surface area contributed by atoms with Crippen LogP contribution < -0.4 is 10.2 Å². The number of amides is 1. The molecule has 0 radical (unpaired) electrons. The first kappa shape index (κ1) is 22.1. The molecular weight excluding hydrogens is 389 g/mol. The standard InChI is InChI=1S/C18H27N5O2.2ClH/c24-18(16-12-19-5-10-25-16)23-8-3-14(4-9-23)15-11-17(21-13-20-15)22-6-1-2-7-22;;/h11,13-14,16,19H,1-10,12H2;2*1H. The second-order valence-electron chi connectivity index (χ2n) is 7.16. The van der Waals surface area contributed by atoms with Crippen molar-refractivity contribution >= 4 is 36.5 Å². The Morgan fingerprint density at radius 2 is 1.85 bits per heavy atom. The lowest BCUT2D eigenvalue weighted by Gasteiger charge is -2.35. The fourth-order valence-electron chi connectivity index (χ4n) is 4.03. The summed E-state index contributed by atoms with van der Waals surface area (Å²) >= 11 is 0. The number of piperidine rings is 1. The molecule has 4 rings (SSSR count). The molecule has 9 heteroatoms. The Bertz CT molecular complexity index is 601. The van der Waals surface area contributed by atoms with E-state index in [1.165, 1.54) is 12.8 Å². The number of carbonyl (C=O) groups excluding carboxylic acids is 1. The number of ether oxygens (including phenoxy) is 1.